The van der Waals surface area contributed by atoms with Crippen LogP contribution in [0.2, 0.25) is 5.02 Å². The average molecular weight is 284 g/mol. The Morgan fingerprint density at radius 2 is 1.79 bits per heavy atom. The molecule has 1 unspecified atom stereocenters. The maximum atomic E-state index is 13.7. The van der Waals surface area contributed by atoms with E-state index < -0.39 is 17.7 Å². The predicted molar refractivity (Wildman–Crippen MR) is 70.4 cm³/mol. The smallest absolute Gasteiger partial charge is 0.137 e. The van der Waals surface area contributed by atoms with Gasteiger partial charge in [-0.2, -0.15) is 0 Å². The van der Waals surface area contributed by atoms with E-state index in [-0.39, 0.29) is 5.56 Å². The van der Waals surface area contributed by atoms with E-state index in [2.05, 4.69) is 0 Å². The minimum absolute atomic E-state index is 0.177. The molecule has 0 bridgehead atoms. The topological polar surface area (TPSA) is 35.2 Å². The van der Waals surface area contributed by atoms with E-state index in [0.717, 1.165) is 0 Å². The molecule has 100 valence electrons. The van der Waals surface area contributed by atoms with Gasteiger partial charge in [-0.3, -0.25) is 0 Å². The molecule has 2 aromatic carbocycles. The minimum atomic E-state index is -0.926. The van der Waals surface area contributed by atoms with Gasteiger partial charge in [0.15, 0.2) is 0 Å². The van der Waals surface area contributed by atoms with E-state index in [9.17, 15) is 8.78 Å². The Morgan fingerprint density at radius 1 is 1.16 bits per heavy atom. The highest BCUT2D eigenvalue weighted by molar-refractivity contribution is 6.32. The van der Waals surface area contributed by atoms with Gasteiger partial charge in [-0.1, -0.05) is 23.7 Å². The zero-order chi connectivity index (χ0) is 14.0. The summed E-state index contributed by atoms with van der Waals surface area (Å²) in [6.07, 6.45) is 0. The van der Waals surface area contributed by atoms with Crippen molar-refractivity contribution in [3.05, 3.63) is 64.2 Å². The SMILES string of the molecule is COc1ccc(C(N)c2c(F)cccc2F)cc1Cl. The van der Waals surface area contributed by atoms with Crippen LogP contribution in [0.5, 0.6) is 5.75 Å². The van der Waals surface area contributed by atoms with E-state index in [1.807, 2.05) is 0 Å². The predicted octanol–water partition coefficient (Wildman–Crippen LogP) is 3.67. The van der Waals surface area contributed by atoms with Crippen LogP contribution in [0.25, 0.3) is 0 Å². The molecule has 0 radical (unpaired) electrons. The van der Waals surface area contributed by atoms with Gasteiger partial charge in [-0.05, 0) is 29.8 Å². The Morgan fingerprint density at radius 3 is 2.32 bits per heavy atom. The summed E-state index contributed by atoms with van der Waals surface area (Å²) in [5.74, 6) is -0.884. The molecule has 0 aliphatic heterocycles. The molecule has 1 atom stereocenters. The number of rotatable bonds is 3. The zero-order valence-electron chi connectivity index (χ0n) is 10.2. The molecule has 0 aliphatic carbocycles. The summed E-state index contributed by atoms with van der Waals surface area (Å²) in [6.45, 7) is 0. The summed E-state index contributed by atoms with van der Waals surface area (Å²) >= 11 is 5.97. The third-order valence-corrected chi connectivity index (χ3v) is 3.14. The van der Waals surface area contributed by atoms with Crippen molar-refractivity contribution in [1.82, 2.24) is 0 Å². The lowest BCUT2D eigenvalue weighted by molar-refractivity contribution is 0.415. The molecule has 0 fully saturated rings. The first-order valence-electron chi connectivity index (χ1n) is 5.57. The number of methoxy groups -OCH3 is 1. The van der Waals surface area contributed by atoms with Gasteiger partial charge in [0.1, 0.15) is 17.4 Å². The first kappa shape index (κ1) is 13.8. The summed E-state index contributed by atoms with van der Waals surface area (Å²) in [5.41, 5.74) is 6.23. The van der Waals surface area contributed by atoms with Crippen molar-refractivity contribution >= 4 is 11.6 Å². The van der Waals surface area contributed by atoms with Crippen molar-refractivity contribution < 1.29 is 13.5 Å². The van der Waals surface area contributed by atoms with E-state index in [1.165, 1.54) is 31.4 Å². The van der Waals surface area contributed by atoms with Crippen LogP contribution >= 0.6 is 11.6 Å². The van der Waals surface area contributed by atoms with Gasteiger partial charge in [-0.25, -0.2) is 8.78 Å². The average Bonchev–Trinajstić information content (AvgIpc) is 2.38. The van der Waals surface area contributed by atoms with Crippen LogP contribution in [0.15, 0.2) is 36.4 Å². The van der Waals surface area contributed by atoms with E-state index in [0.29, 0.717) is 16.3 Å². The van der Waals surface area contributed by atoms with Crippen molar-refractivity contribution in [1.29, 1.82) is 0 Å². The van der Waals surface area contributed by atoms with Crippen molar-refractivity contribution in [3.8, 4) is 5.75 Å². The first-order valence-corrected chi connectivity index (χ1v) is 5.95. The molecular formula is C14H12ClF2NO. The van der Waals surface area contributed by atoms with Gasteiger partial charge in [0.25, 0.3) is 0 Å². The Kier molecular flexibility index (Phi) is 4.02. The second kappa shape index (κ2) is 5.55. The van der Waals surface area contributed by atoms with Crippen molar-refractivity contribution in [2.24, 2.45) is 5.73 Å². The van der Waals surface area contributed by atoms with Crippen LogP contribution in [-0.4, -0.2) is 7.11 Å². The number of hydrogen-bond donors (Lipinski definition) is 1. The fourth-order valence-corrected chi connectivity index (χ4v) is 2.12. The normalized spacial score (nSPS) is 12.3. The third-order valence-electron chi connectivity index (χ3n) is 2.85. The fraction of sp³-hybridized carbons (Fsp3) is 0.143. The molecule has 0 saturated heterocycles. The molecule has 0 aliphatic rings. The molecule has 2 N–H and O–H groups in total. The van der Waals surface area contributed by atoms with Crippen molar-refractivity contribution in [2.45, 2.75) is 6.04 Å². The second-order valence-electron chi connectivity index (χ2n) is 4.01. The molecule has 2 aromatic rings. The Bertz CT molecular complexity index is 584. The summed E-state index contributed by atoms with van der Waals surface area (Å²) in [6, 6.07) is 7.48. The molecule has 2 rings (SSSR count). The fourth-order valence-electron chi connectivity index (χ4n) is 1.85. The summed E-state index contributed by atoms with van der Waals surface area (Å²) in [5, 5.41) is 0.340. The molecule has 19 heavy (non-hydrogen) atoms. The molecule has 0 aromatic heterocycles. The van der Waals surface area contributed by atoms with Gasteiger partial charge >= 0.3 is 0 Å². The third kappa shape index (κ3) is 2.69. The highest BCUT2D eigenvalue weighted by atomic mass is 35.5. The van der Waals surface area contributed by atoms with Gasteiger partial charge in [0.2, 0.25) is 0 Å². The molecule has 0 heterocycles. The quantitative estimate of drug-likeness (QED) is 0.933. The summed E-state index contributed by atoms with van der Waals surface area (Å²) < 4.78 is 32.3. The molecule has 0 saturated carbocycles. The molecule has 0 amide bonds. The summed E-state index contributed by atoms with van der Waals surface area (Å²) in [4.78, 5) is 0. The largest absolute Gasteiger partial charge is 0.495 e. The van der Waals surface area contributed by atoms with E-state index in [1.54, 1.807) is 12.1 Å². The highest BCUT2D eigenvalue weighted by Crippen LogP contribution is 2.30. The van der Waals surface area contributed by atoms with Gasteiger partial charge < -0.3 is 10.5 Å². The highest BCUT2D eigenvalue weighted by Gasteiger charge is 2.19. The Labute approximate surface area is 114 Å². The Hall–Kier alpha value is -1.65. The van der Waals surface area contributed by atoms with Crippen molar-refractivity contribution in [3.63, 3.8) is 0 Å². The Balaban J connectivity index is 2.44. The minimum Gasteiger partial charge on any atom is -0.495 e. The number of halogens is 3. The number of hydrogen-bond acceptors (Lipinski definition) is 2. The summed E-state index contributed by atoms with van der Waals surface area (Å²) in [7, 11) is 1.48. The van der Waals surface area contributed by atoms with Crippen LogP contribution < -0.4 is 10.5 Å². The molecule has 0 spiro atoms. The lowest BCUT2D eigenvalue weighted by atomic mass is 9.98. The molecule has 2 nitrogen and oxygen atoms in total. The number of ether oxygens (including phenoxy) is 1. The van der Waals surface area contributed by atoms with E-state index in [4.69, 9.17) is 22.1 Å². The zero-order valence-corrected chi connectivity index (χ0v) is 10.9. The lowest BCUT2D eigenvalue weighted by Gasteiger charge is -2.15. The maximum absolute atomic E-state index is 13.7. The molecular weight excluding hydrogens is 272 g/mol. The van der Waals surface area contributed by atoms with Gasteiger partial charge in [0.05, 0.1) is 18.2 Å². The van der Waals surface area contributed by atoms with Gasteiger partial charge in [-0.15, -0.1) is 0 Å². The first-order chi connectivity index (χ1) is 9.04. The van der Waals surface area contributed by atoms with Crippen LogP contribution in [0, 0.1) is 11.6 Å². The lowest BCUT2D eigenvalue weighted by Crippen LogP contribution is -2.15. The van der Waals surface area contributed by atoms with Crippen LogP contribution in [0.4, 0.5) is 8.78 Å². The number of benzene rings is 2. The standard InChI is InChI=1S/C14H12ClF2NO/c1-19-12-6-5-8(7-9(12)15)14(18)13-10(16)3-2-4-11(13)17/h2-7,14H,18H2,1H3. The maximum Gasteiger partial charge on any atom is 0.137 e. The second-order valence-corrected chi connectivity index (χ2v) is 4.41. The van der Waals surface area contributed by atoms with Crippen LogP contribution in [-0.2, 0) is 0 Å². The van der Waals surface area contributed by atoms with Gasteiger partial charge in [0, 0.05) is 5.56 Å². The molecule has 5 heteroatoms. The van der Waals surface area contributed by atoms with Crippen LogP contribution in [0.3, 0.4) is 0 Å². The van der Waals surface area contributed by atoms with E-state index >= 15 is 0 Å². The van der Waals surface area contributed by atoms with Crippen LogP contribution in [0.1, 0.15) is 17.2 Å². The van der Waals surface area contributed by atoms with Crippen molar-refractivity contribution in [2.75, 3.05) is 7.11 Å². The monoisotopic (exact) mass is 283 g/mol. The number of nitrogens with two attached hydrogens (primary N) is 1.